The maximum atomic E-state index is 9.55. The van der Waals surface area contributed by atoms with Crippen LogP contribution in [0.1, 0.15) is 44.5 Å². The molecule has 0 radical (unpaired) electrons. The molecule has 0 heterocycles. The zero-order valence-corrected chi connectivity index (χ0v) is 31.6. The monoisotopic (exact) mass is 718 g/mol. The van der Waals surface area contributed by atoms with Crippen molar-refractivity contribution in [2.24, 2.45) is 0 Å². The van der Waals surface area contributed by atoms with E-state index in [2.05, 4.69) is 195 Å². The van der Waals surface area contributed by atoms with Gasteiger partial charge in [0.15, 0.2) is 0 Å². The van der Waals surface area contributed by atoms with Crippen LogP contribution in [-0.2, 0) is 35.8 Å². The first-order valence-corrected chi connectivity index (χ1v) is 18.0. The molecule has 0 aliphatic heterocycles. The summed E-state index contributed by atoms with van der Waals surface area (Å²) < 4.78 is 0. The van der Waals surface area contributed by atoms with Gasteiger partial charge in [-0.15, -0.1) is 0 Å². The third-order valence-corrected chi connectivity index (χ3v) is 9.07. The van der Waals surface area contributed by atoms with E-state index in [-0.39, 0.29) is 0 Å². The Balaban J connectivity index is 0.000000201. The lowest BCUT2D eigenvalue weighted by molar-refractivity contribution is -0.134. The van der Waals surface area contributed by atoms with Gasteiger partial charge in [0.1, 0.15) is 0 Å². The Labute approximate surface area is 320 Å². The van der Waals surface area contributed by atoms with Gasteiger partial charge in [0, 0.05) is 49.7 Å². The van der Waals surface area contributed by atoms with Gasteiger partial charge in [-0.1, -0.05) is 146 Å². The second-order valence-corrected chi connectivity index (χ2v) is 13.1. The molecule has 276 valence electrons. The number of hydrogen-bond donors (Lipinski definition) is 2. The molecule has 6 nitrogen and oxygen atoms in total. The second kappa shape index (κ2) is 21.2. The summed E-state index contributed by atoms with van der Waals surface area (Å²) in [5, 5.41) is 15.6. The fourth-order valence-electron chi connectivity index (χ4n) is 5.97. The van der Waals surface area contributed by atoms with E-state index in [1.54, 1.807) is 0 Å². The SMILES string of the molecule is Cc1cccc(N(Cc2ccccc2)Cc2ccccc2)c1C.Cc1cccc(N(Cc2ccccc2)Cc2ccccc2)c1C.O=C(O)/C=C\C(=O)O. The molecule has 0 fully saturated rings. The molecule has 0 aliphatic rings. The van der Waals surface area contributed by atoms with Crippen molar-refractivity contribution in [3.63, 3.8) is 0 Å². The van der Waals surface area contributed by atoms with Crippen LogP contribution in [0.25, 0.3) is 0 Å². The van der Waals surface area contributed by atoms with Gasteiger partial charge in [-0.05, 0) is 84.3 Å². The maximum absolute atomic E-state index is 9.55. The summed E-state index contributed by atoms with van der Waals surface area (Å²) in [6.45, 7) is 12.5. The minimum absolute atomic E-state index is 0.558. The van der Waals surface area contributed by atoms with Crippen LogP contribution in [0.3, 0.4) is 0 Å². The van der Waals surface area contributed by atoms with Crippen LogP contribution < -0.4 is 9.80 Å². The highest BCUT2D eigenvalue weighted by Gasteiger charge is 2.13. The number of benzene rings is 6. The molecule has 6 aromatic rings. The number of nitrogens with zero attached hydrogens (tertiary/aromatic N) is 2. The molecule has 0 atom stereocenters. The fraction of sp³-hybridized carbons (Fsp3) is 0.167. The Morgan fingerprint density at radius 2 is 0.667 bits per heavy atom. The van der Waals surface area contributed by atoms with Crippen molar-refractivity contribution in [1.29, 1.82) is 0 Å². The lowest BCUT2D eigenvalue weighted by atomic mass is 10.1. The summed E-state index contributed by atoms with van der Waals surface area (Å²) in [4.78, 5) is 24.0. The molecule has 0 saturated heterocycles. The van der Waals surface area contributed by atoms with E-state index < -0.39 is 11.9 Å². The summed E-state index contributed by atoms with van der Waals surface area (Å²) in [7, 11) is 0. The van der Waals surface area contributed by atoms with E-state index in [0.717, 1.165) is 26.2 Å². The second-order valence-electron chi connectivity index (χ2n) is 13.1. The molecule has 0 saturated carbocycles. The molecule has 0 amide bonds. The number of aryl methyl sites for hydroxylation is 2. The van der Waals surface area contributed by atoms with Gasteiger partial charge in [-0.25, -0.2) is 9.59 Å². The predicted molar refractivity (Wildman–Crippen MR) is 222 cm³/mol. The topological polar surface area (TPSA) is 81.1 Å². The first-order chi connectivity index (χ1) is 26.1. The van der Waals surface area contributed by atoms with E-state index >= 15 is 0 Å². The first-order valence-electron chi connectivity index (χ1n) is 18.0. The van der Waals surface area contributed by atoms with E-state index in [1.807, 2.05) is 0 Å². The lowest BCUT2D eigenvalue weighted by Crippen LogP contribution is -2.23. The predicted octanol–water partition coefficient (Wildman–Crippen LogP) is 10.7. The molecule has 0 aliphatic carbocycles. The average Bonchev–Trinajstić information content (AvgIpc) is 3.18. The van der Waals surface area contributed by atoms with Crippen molar-refractivity contribution in [2.45, 2.75) is 53.9 Å². The average molecular weight is 719 g/mol. The lowest BCUT2D eigenvalue weighted by Gasteiger charge is -2.27. The zero-order valence-electron chi connectivity index (χ0n) is 31.6. The van der Waals surface area contributed by atoms with Crippen LogP contribution in [0.2, 0.25) is 0 Å². The smallest absolute Gasteiger partial charge is 0.328 e. The van der Waals surface area contributed by atoms with Gasteiger partial charge in [0.05, 0.1) is 0 Å². The largest absolute Gasteiger partial charge is 0.478 e. The normalized spacial score (nSPS) is 10.4. The Kier molecular flexibility index (Phi) is 15.9. The molecular weight excluding hydrogens is 669 g/mol. The molecule has 0 spiro atoms. The number of carbonyl (C=O) groups is 2. The van der Waals surface area contributed by atoms with E-state index in [9.17, 15) is 9.59 Å². The van der Waals surface area contributed by atoms with Gasteiger partial charge in [0.25, 0.3) is 0 Å². The zero-order chi connectivity index (χ0) is 38.7. The highest BCUT2D eigenvalue weighted by atomic mass is 16.4. The Morgan fingerprint density at radius 1 is 0.407 bits per heavy atom. The summed E-state index contributed by atoms with van der Waals surface area (Å²) >= 11 is 0. The van der Waals surface area contributed by atoms with E-state index in [4.69, 9.17) is 10.2 Å². The number of aliphatic carboxylic acids is 2. The van der Waals surface area contributed by atoms with Crippen LogP contribution in [0, 0.1) is 27.7 Å². The quantitative estimate of drug-likeness (QED) is 0.123. The highest BCUT2D eigenvalue weighted by Crippen LogP contribution is 2.27. The molecule has 6 aromatic carbocycles. The van der Waals surface area contributed by atoms with Gasteiger partial charge < -0.3 is 20.0 Å². The molecule has 0 unspecified atom stereocenters. The van der Waals surface area contributed by atoms with Crippen LogP contribution in [0.15, 0.2) is 170 Å². The van der Waals surface area contributed by atoms with Gasteiger partial charge in [-0.3, -0.25) is 0 Å². The van der Waals surface area contributed by atoms with Crippen molar-refractivity contribution in [2.75, 3.05) is 9.80 Å². The number of carboxylic acids is 2. The van der Waals surface area contributed by atoms with Crippen molar-refractivity contribution in [3.05, 3.63) is 214 Å². The molecule has 2 N–H and O–H groups in total. The Bertz CT molecular complexity index is 1830. The number of anilines is 2. The maximum Gasteiger partial charge on any atom is 0.328 e. The Hall–Kier alpha value is -6.40. The van der Waals surface area contributed by atoms with Gasteiger partial charge in [0.2, 0.25) is 0 Å². The summed E-state index contributed by atoms with van der Waals surface area (Å²) in [5.41, 5.74) is 13.4. The molecule has 6 heteroatoms. The fourth-order valence-corrected chi connectivity index (χ4v) is 5.97. The number of hydrogen-bond acceptors (Lipinski definition) is 4. The summed E-state index contributed by atoms with van der Waals surface area (Å²) in [6.07, 6.45) is 1.12. The first kappa shape index (κ1) is 40.4. The molecule has 0 aromatic heterocycles. The van der Waals surface area contributed by atoms with Gasteiger partial charge >= 0.3 is 11.9 Å². The van der Waals surface area contributed by atoms with E-state index in [1.165, 1.54) is 55.9 Å². The summed E-state index contributed by atoms with van der Waals surface area (Å²) in [5.74, 6) is -2.51. The highest BCUT2D eigenvalue weighted by molar-refractivity contribution is 5.89. The number of carboxylic acid groups (broad SMARTS) is 2. The molecule has 0 bridgehead atoms. The van der Waals surface area contributed by atoms with Crippen LogP contribution in [0.4, 0.5) is 11.4 Å². The van der Waals surface area contributed by atoms with Crippen molar-refractivity contribution < 1.29 is 19.8 Å². The molecule has 54 heavy (non-hydrogen) atoms. The van der Waals surface area contributed by atoms with Crippen LogP contribution in [-0.4, -0.2) is 22.2 Å². The van der Waals surface area contributed by atoms with Crippen molar-refractivity contribution >= 4 is 23.3 Å². The third kappa shape index (κ3) is 13.3. The molecular formula is C48H50N2O4. The molecule has 6 rings (SSSR count). The minimum Gasteiger partial charge on any atom is -0.478 e. The van der Waals surface area contributed by atoms with E-state index in [0.29, 0.717) is 12.2 Å². The minimum atomic E-state index is -1.26. The third-order valence-electron chi connectivity index (χ3n) is 9.07. The van der Waals surface area contributed by atoms with Crippen molar-refractivity contribution in [1.82, 2.24) is 0 Å². The van der Waals surface area contributed by atoms with Crippen LogP contribution in [0.5, 0.6) is 0 Å². The summed E-state index contributed by atoms with van der Waals surface area (Å²) in [6, 6.07) is 55.9. The standard InChI is InChI=1S/2C22H23N.C4H4O4/c2*1-18-10-9-15-22(19(18)2)23(16-20-11-5-3-6-12-20)17-21-13-7-4-8-14-21;5-3(6)1-2-4(7)8/h2*3-15H,16-17H2,1-2H3;1-2H,(H,5,6)(H,7,8)/b;;2-1-. The van der Waals surface area contributed by atoms with Crippen molar-refractivity contribution in [3.8, 4) is 0 Å². The van der Waals surface area contributed by atoms with Gasteiger partial charge in [-0.2, -0.15) is 0 Å². The number of rotatable bonds is 12. The van der Waals surface area contributed by atoms with Crippen LogP contribution >= 0.6 is 0 Å². The Morgan fingerprint density at radius 3 is 0.907 bits per heavy atom.